The van der Waals surface area contributed by atoms with Crippen LogP contribution in [0.2, 0.25) is 0 Å². The fraction of sp³-hybridized carbons (Fsp3) is 0.615. The highest BCUT2D eigenvalue weighted by atomic mass is 16.1. The van der Waals surface area contributed by atoms with E-state index >= 15 is 0 Å². The third-order valence-electron chi connectivity index (χ3n) is 3.79. The van der Waals surface area contributed by atoms with Gasteiger partial charge in [-0.15, -0.1) is 0 Å². The van der Waals surface area contributed by atoms with Gasteiger partial charge in [-0.2, -0.15) is 5.10 Å². The molecule has 2 N–H and O–H groups in total. The lowest BCUT2D eigenvalue weighted by molar-refractivity contribution is 0.429. The second-order valence-corrected chi connectivity index (χ2v) is 5.23. The lowest BCUT2D eigenvalue weighted by Crippen LogP contribution is -2.46. The van der Waals surface area contributed by atoms with E-state index in [1.165, 1.54) is 10.8 Å². The first-order chi connectivity index (χ1) is 9.69. The van der Waals surface area contributed by atoms with Crippen molar-refractivity contribution in [1.29, 1.82) is 0 Å². The van der Waals surface area contributed by atoms with Gasteiger partial charge in [0.15, 0.2) is 5.65 Å². The van der Waals surface area contributed by atoms with E-state index in [1.807, 2.05) is 13.0 Å². The van der Waals surface area contributed by atoms with Crippen LogP contribution in [0, 0.1) is 6.92 Å². The first kappa shape index (κ1) is 13.1. The van der Waals surface area contributed by atoms with Gasteiger partial charge in [-0.05, 0) is 26.3 Å². The van der Waals surface area contributed by atoms with E-state index in [0.717, 1.165) is 31.9 Å². The van der Waals surface area contributed by atoms with Crippen molar-refractivity contribution in [3.63, 3.8) is 0 Å². The molecule has 1 saturated heterocycles. The number of aryl methyl sites for hydroxylation is 1. The van der Waals surface area contributed by atoms with Crippen LogP contribution in [0.15, 0.2) is 10.9 Å². The van der Waals surface area contributed by atoms with Crippen molar-refractivity contribution >= 4 is 11.5 Å². The maximum Gasteiger partial charge on any atom is 0.349 e. The van der Waals surface area contributed by atoms with Crippen LogP contribution < -0.4 is 15.9 Å². The molecule has 1 fully saturated rings. The molecule has 3 rings (SSSR count). The molecule has 0 aliphatic carbocycles. The SMILES string of the molecule is CCNC1CCCN(c2cc3n[nH]c(=O)n3c(C)n2)C1. The van der Waals surface area contributed by atoms with Crippen molar-refractivity contribution in [3.05, 3.63) is 22.4 Å². The summed E-state index contributed by atoms with van der Waals surface area (Å²) in [4.78, 5) is 18.4. The number of anilines is 1. The summed E-state index contributed by atoms with van der Waals surface area (Å²) in [6.07, 6.45) is 2.35. The maximum absolute atomic E-state index is 11.6. The average molecular weight is 276 g/mol. The van der Waals surface area contributed by atoms with Crippen LogP contribution >= 0.6 is 0 Å². The highest BCUT2D eigenvalue weighted by Crippen LogP contribution is 2.19. The highest BCUT2D eigenvalue weighted by molar-refractivity contribution is 5.51. The summed E-state index contributed by atoms with van der Waals surface area (Å²) in [5.74, 6) is 1.57. The smallest absolute Gasteiger partial charge is 0.349 e. The molecule has 0 saturated carbocycles. The molecule has 1 aliphatic rings. The largest absolute Gasteiger partial charge is 0.355 e. The highest BCUT2D eigenvalue weighted by Gasteiger charge is 2.21. The van der Waals surface area contributed by atoms with Crippen molar-refractivity contribution < 1.29 is 0 Å². The monoisotopic (exact) mass is 276 g/mol. The Morgan fingerprint density at radius 3 is 3.20 bits per heavy atom. The Morgan fingerprint density at radius 2 is 2.40 bits per heavy atom. The van der Waals surface area contributed by atoms with Crippen LogP contribution in [-0.4, -0.2) is 45.3 Å². The number of nitrogens with zero attached hydrogens (tertiary/aromatic N) is 4. The number of piperidine rings is 1. The molecule has 0 aromatic carbocycles. The summed E-state index contributed by atoms with van der Waals surface area (Å²) in [7, 11) is 0. The van der Waals surface area contributed by atoms with Crippen LogP contribution in [0.25, 0.3) is 5.65 Å². The Hall–Kier alpha value is -1.89. The summed E-state index contributed by atoms with van der Waals surface area (Å²) < 4.78 is 1.50. The second kappa shape index (κ2) is 5.24. The summed E-state index contributed by atoms with van der Waals surface area (Å²) in [5.41, 5.74) is 0.392. The van der Waals surface area contributed by atoms with Gasteiger partial charge in [0.25, 0.3) is 0 Å². The molecule has 0 radical (unpaired) electrons. The fourth-order valence-corrected chi connectivity index (χ4v) is 2.88. The molecule has 2 aromatic rings. The van der Waals surface area contributed by atoms with Gasteiger partial charge in [0.2, 0.25) is 0 Å². The van der Waals surface area contributed by atoms with Crippen LogP contribution in [0.1, 0.15) is 25.6 Å². The van der Waals surface area contributed by atoms with Gasteiger partial charge < -0.3 is 10.2 Å². The first-order valence-electron chi connectivity index (χ1n) is 7.12. The molecule has 3 heterocycles. The molecular formula is C13H20N6O. The molecular weight excluding hydrogens is 256 g/mol. The minimum atomic E-state index is -0.235. The van der Waals surface area contributed by atoms with Gasteiger partial charge in [0.1, 0.15) is 11.6 Å². The molecule has 0 spiro atoms. The lowest BCUT2D eigenvalue weighted by Gasteiger charge is -2.34. The fourth-order valence-electron chi connectivity index (χ4n) is 2.88. The van der Waals surface area contributed by atoms with E-state index in [-0.39, 0.29) is 5.69 Å². The average Bonchev–Trinajstić information content (AvgIpc) is 2.81. The summed E-state index contributed by atoms with van der Waals surface area (Å²) in [6.45, 7) is 6.89. The van der Waals surface area contributed by atoms with Gasteiger partial charge in [-0.25, -0.2) is 19.3 Å². The third kappa shape index (κ3) is 2.29. The molecule has 20 heavy (non-hydrogen) atoms. The van der Waals surface area contributed by atoms with Gasteiger partial charge in [0.05, 0.1) is 0 Å². The zero-order chi connectivity index (χ0) is 14.1. The molecule has 108 valence electrons. The number of rotatable bonds is 3. The maximum atomic E-state index is 11.6. The number of hydrogen-bond acceptors (Lipinski definition) is 5. The standard InChI is InChI=1S/C13H20N6O/c1-3-14-10-5-4-6-18(8-10)11-7-12-16-17-13(20)19(12)9(2)15-11/h7,10,14H,3-6,8H2,1-2H3,(H,17,20). The van der Waals surface area contributed by atoms with Gasteiger partial charge >= 0.3 is 5.69 Å². The Labute approximate surface area is 117 Å². The Bertz CT molecular complexity index is 658. The number of hydrogen-bond donors (Lipinski definition) is 2. The first-order valence-corrected chi connectivity index (χ1v) is 7.12. The number of aromatic nitrogens is 4. The van der Waals surface area contributed by atoms with Crippen molar-refractivity contribution in [1.82, 2.24) is 24.9 Å². The molecule has 2 aromatic heterocycles. The topological polar surface area (TPSA) is 78.3 Å². The van der Waals surface area contributed by atoms with E-state index in [2.05, 4.69) is 32.3 Å². The third-order valence-corrected chi connectivity index (χ3v) is 3.79. The number of aromatic amines is 1. The predicted molar refractivity (Wildman–Crippen MR) is 77.3 cm³/mol. The number of fused-ring (bicyclic) bond motifs is 1. The Kier molecular flexibility index (Phi) is 3.43. The minimum Gasteiger partial charge on any atom is -0.355 e. The Morgan fingerprint density at radius 1 is 1.55 bits per heavy atom. The van der Waals surface area contributed by atoms with E-state index < -0.39 is 0 Å². The van der Waals surface area contributed by atoms with Crippen molar-refractivity contribution in [2.24, 2.45) is 0 Å². The van der Waals surface area contributed by atoms with Crippen molar-refractivity contribution in [2.75, 3.05) is 24.5 Å². The van der Waals surface area contributed by atoms with Crippen molar-refractivity contribution in [3.8, 4) is 0 Å². The minimum absolute atomic E-state index is 0.235. The lowest BCUT2D eigenvalue weighted by atomic mass is 10.1. The van der Waals surface area contributed by atoms with E-state index in [4.69, 9.17) is 0 Å². The van der Waals surface area contributed by atoms with Crippen LogP contribution in [0.3, 0.4) is 0 Å². The predicted octanol–water partition coefficient (Wildman–Crippen LogP) is 0.304. The number of nitrogens with one attached hydrogen (secondary N) is 2. The summed E-state index contributed by atoms with van der Waals surface area (Å²) in [5, 5.41) is 9.99. The van der Waals surface area contributed by atoms with Crippen molar-refractivity contribution in [2.45, 2.75) is 32.7 Å². The van der Waals surface area contributed by atoms with Gasteiger partial charge in [-0.1, -0.05) is 6.92 Å². The molecule has 7 nitrogen and oxygen atoms in total. The zero-order valence-corrected chi connectivity index (χ0v) is 11.9. The van der Waals surface area contributed by atoms with Gasteiger partial charge in [-0.3, -0.25) is 0 Å². The zero-order valence-electron chi connectivity index (χ0n) is 11.9. The molecule has 0 bridgehead atoms. The normalized spacial score (nSPS) is 19.7. The van der Waals surface area contributed by atoms with Gasteiger partial charge in [0, 0.05) is 25.2 Å². The second-order valence-electron chi connectivity index (χ2n) is 5.23. The van der Waals surface area contributed by atoms with E-state index in [1.54, 1.807) is 0 Å². The molecule has 1 atom stereocenters. The van der Waals surface area contributed by atoms with Crippen LogP contribution in [0.4, 0.5) is 5.82 Å². The number of likely N-dealkylation sites (N-methyl/N-ethyl adjacent to an activating group) is 1. The molecule has 0 amide bonds. The van der Waals surface area contributed by atoms with Crippen LogP contribution in [0.5, 0.6) is 0 Å². The van der Waals surface area contributed by atoms with Crippen LogP contribution in [-0.2, 0) is 0 Å². The summed E-state index contributed by atoms with van der Waals surface area (Å²) in [6, 6.07) is 2.38. The number of H-pyrrole nitrogens is 1. The summed E-state index contributed by atoms with van der Waals surface area (Å²) >= 11 is 0. The van der Waals surface area contributed by atoms with E-state index in [9.17, 15) is 4.79 Å². The van der Waals surface area contributed by atoms with E-state index in [0.29, 0.717) is 17.5 Å². The Balaban J connectivity index is 1.91. The quantitative estimate of drug-likeness (QED) is 0.843. The molecule has 7 heteroatoms. The molecule has 1 unspecified atom stereocenters. The molecule has 1 aliphatic heterocycles.